The van der Waals surface area contributed by atoms with E-state index >= 15 is 0 Å². The standard InChI is InChI=1S/C21H18N4O2S/c1-2-27-15-9-7-14(8-10-15)19-22-17(13-28-19)20(26)25-12-11-24-18-6-4-3-5-16(18)23-21(24)25/h3-10,13H,2,11-12H2,1H3. The molecule has 0 bridgehead atoms. The quantitative estimate of drug-likeness (QED) is 0.523. The SMILES string of the molecule is CCOc1ccc(-c2nc(C(=O)N3CCn4c3nc3ccccc34)cs2)cc1. The minimum atomic E-state index is -0.109. The molecule has 1 aliphatic rings. The lowest BCUT2D eigenvalue weighted by atomic mass is 10.2. The second kappa shape index (κ2) is 6.76. The molecule has 0 aliphatic carbocycles. The molecule has 3 heterocycles. The van der Waals surface area contributed by atoms with Gasteiger partial charge < -0.3 is 9.30 Å². The van der Waals surface area contributed by atoms with E-state index in [1.807, 2.05) is 60.8 Å². The minimum Gasteiger partial charge on any atom is -0.494 e. The Morgan fingerprint density at radius 3 is 2.75 bits per heavy atom. The van der Waals surface area contributed by atoms with Crippen molar-refractivity contribution >= 4 is 34.2 Å². The van der Waals surface area contributed by atoms with Gasteiger partial charge in [-0.2, -0.15) is 0 Å². The van der Waals surface area contributed by atoms with Crippen LogP contribution in [-0.2, 0) is 6.54 Å². The Hall–Kier alpha value is -3.19. The van der Waals surface area contributed by atoms with Gasteiger partial charge in [-0.15, -0.1) is 11.3 Å². The van der Waals surface area contributed by atoms with Crippen molar-refractivity contribution in [3.8, 4) is 16.3 Å². The zero-order chi connectivity index (χ0) is 19.1. The summed E-state index contributed by atoms with van der Waals surface area (Å²) in [5.41, 5.74) is 3.39. The lowest BCUT2D eigenvalue weighted by molar-refractivity contribution is 0.0984. The summed E-state index contributed by atoms with van der Waals surface area (Å²) in [5.74, 6) is 1.42. The molecule has 0 radical (unpaired) electrons. The summed E-state index contributed by atoms with van der Waals surface area (Å²) in [6, 6.07) is 15.7. The van der Waals surface area contributed by atoms with Crippen LogP contribution in [-0.4, -0.2) is 33.6 Å². The van der Waals surface area contributed by atoms with Gasteiger partial charge in [0.25, 0.3) is 5.91 Å². The van der Waals surface area contributed by atoms with E-state index in [0.29, 0.717) is 24.8 Å². The zero-order valence-electron chi connectivity index (χ0n) is 15.3. The molecule has 28 heavy (non-hydrogen) atoms. The van der Waals surface area contributed by atoms with Crippen LogP contribution in [0.15, 0.2) is 53.9 Å². The molecule has 0 fully saturated rings. The third kappa shape index (κ3) is 2.75. The second-order valence-corrected chi connectivity index (χ2v) is 7.36. The lowest BCUT2D eigenvalue weighted by Crippen LogP contribution is -2.29. The van der Waals surface area contributed by atoms with Crippen LogP contribution in [0.1, 0.15) is 17.4 Å². The Morgan fingerprint density at radius 1 is 1.11 bits per heavy atom. The molecule has 7 heteroatoms. The second-order valence-electron chi connectivity index (χ2n) is 6.50. The molecular weight excluding hydrogens is 372 g/mol. The van der Waals surface area contributed by atoms with Crippen molar-refractivity contribution in [1.82, 2.24) is 14.5 Å². The van der Waals surface area contributed by atoms with Crippen LogP contribution in [0.2, 0.25) is 0 Å². The first-order valence-corrected chi connectivity index (χ1v) is 10.1. The number of para-hydroxylation sites is 2. The van der Waals surface area contributed by atoms with Crippen molar-refractivity contribution in [3.63, 3.8) is 0 Å². The molecule has 5 rings (SSSR count). The van der Waals surface area contributed by atoms with Gasteiger partial charge in [0.1, 0.15) is 16.5 Å². The lowest BCUT2D eigenvalue weighted by Gasteiger charge is -2.11. The van der Waals surface area contributed by atoms with Gasteiger partial charge in [0.05, 0.1) is 17.6 Å². The monoisotopic (exact) mass is 390 g/mol. The maximum absolute atomic E-state index is 13.1. The number of amides is 1. The first-order chi connectivity index (χ1) is 13.7. The van der Waals surface area contributed by atoms with Gasteiger partial charge in [-0.05, 0) is 43.3 Å². The van der Waals surface area contributed by atoms with E-state index in [1.54, 1.807) is 4.90 Å². The number of anilines is 1. The summed E-state index contributed by atoms with van der Waals surface area (Å²) in [6.07, 6.45) is 0. The fourth-order valence-corrected chi connectivity index (χ4v) is 4.28. The molecule has 0 saturated carbocycles. The molecule has 2 aromatic carbocycles. The maximum atomic E-state index is 13.1. The summed E-state index contributed by atoms with van der Waals surface area (Å²) in [5, 5.41) is 2.64. The van der Waals surface area contributed by atoms with Crippen molar-refractivity contribution in [2.45, 2.75) is 13.5 Å². The van der Waals surface area contributed by atoms with Gasteiger partial charge in [0, 0.05) is 24.0 Å². The Kier molecular flexibility index (Phi) is 4.09. The normalized spacial score (nSPS) is 13.1. The van der Waals surface area contributed by atoms with Crippen molar-refractivity contribution in [1.29, 1.82) is 0 Å². The summed E-state index contributed by atoms with van der Waals surface area (Å²) in [4.78, 5) is 24.0. The number of carbonyl (C=O) groups excluding carboxylic acids is 1. The van der Waals surface area contributed by atoms with E-state index in [-0.39, 0.29) is 5.91 Å². The number of thiazole rings is 1. The van der Waals surface area contributed by atoms with Gasteiger partial charge in [0.2, 0.25) is 5.95 Å². The van der Waals surface area contributed by atoms with Gasteiger partial charge in [-0.25, -0.2) is 9.97 Å². The molecule has 6 nitrogen and oxygen atoms in total. The van der Waals surface area contributed by atoms with Crippen LogP contribution in [0.3, 0.4) is 0 Å². The highest BCUT2D eigenvalue weighted by atomic mass is 32.1. The van der Waals surface area contributed by atoms with Crippen molar-refractivity contribution in [3.05, 3.63) is 59.6 Å². The molecule has 140 valence electrons. The number of aromatic nitrogens is 3. The van der Waals surface area contributed by atoms with Crippen LogP contribution in [0.4, 0.5) is 5.95 Å². The predicted octanol–water partition coefficient (Wildman–Crippen LogP) is 4.22. The number of fused-ring (bicyclic) bond motifs is 3. The van der Waals surface area contributed by atoms with E-state index in [9.17, 15) is 4.79 Å². The number of benzene rings is 2. The molecule has 1 amide bonds. The molecule has 2 aromatic heterocycles. The molecule has 0 unspecified atom stereocenters. The van der Waals surface area contributed by atoms with Crippen molar-refractivity contribution in [2.24, 2.45) is 0 Å². The predicted molar refractivity (Wildman–Crippen MR) is 110 cm³/mol. The number of ether oxygens (including phenoxy) is 1. The van der Waals surface area contributed by atoms with Crippen LogP contribution in [0, 0.1) is 0 Å². The van der Waals surface area contributed by atoms with Crippen LogP contribution >= 0.6 is 11.3 Å². The average molecular weight is 390 g/mol. The fourth-order valence-electron chi connectivity index (χ4n) is 3.48. The number of carbonyl (C=O) groups is 1. The minimum absolute atomic E-state index is 0.109. The molecule has 0 N–H and O–H groups in total. The fraction of sp³-hybridized carbons (Fsp3) is 0.190. The smallest absolute Gasteiger partial charge is 0.280 e. The molecule has 1 aliphatic heterocycles. The summed E-state index contributed by atoms with van der Waals surface area (Å²) in [7, 11) is 0. The number of hydrogen-bond donors (Lipinski definition) is 0. The number of rotatable bonds is 4. The number of hydrogen-bond acceptors (Lipinski definition) is 5. The largest absolute Gasteiger partial charge is 0.494 e. The Labute approximate surface area is 166 Å². The number of nitrogens with zero attached hydrogens (tertiary/aromatic N) is 4. The van der Waals surface area contributed by atoms with E-state index in [1.165, 1.54) is 11.3 Å². The highest BCUT2D eigenvalue weighted by molar-refractivity contribution is 7.13. The van der Waals surface area contributed by atoms with Gasteiger partial charge in [0.15, 0.2) is 0 Å². The average Bonchev–Trinajstić information content (AvgIpc) is 3.43. The van der Waals surface area contributed by atoms with Gasteiger partial charge in [-0.3, -0.25) is 9.69 Å². The molecule has 4 aromatic rings. The van der Waals surface area contributed by atoms with Crippen LogP contribution in [0.25, 0.3) is 21.6 Å². The van der Waals surface area contributed by atoms with Gasteiger partial charge in [-0.1, -0.05) is 12.1 Å². The molecule has 0 atom stereocenters. The molecule has 0 saturated heterocycles. The zero-order valence-corrected chi connectivity index (χ0v) is 16.1. The van der Waals surface area contributed by atoms with E-state index in [0.717, 1.165) is 33.9 Å². The third-order valence-corrected chi connectivity index (χ3v) is 5.70. The third-order valence-electron chi connectivity index (χ3n) is 4.80. The molecule has 0 spiro atoms. The van der Waals surface area contributed by atoms with E-state index in [2.05, 4.69) is 14.5 Å². The summed E-state index contributed by atoms with van der Waals surface area (Å²) < 4.78 is 7.57. The van der Waals surface area contributed by atoms with E-state index in [4.69, 9.17) is 4.74 Å². The maximum Gasteiger partial charge on any atom is 0.280 e. The number of imidazole rings is 1. The summed E-state index contributed by atoms with van der Waals surface area (Å²) >= 11 is 1.47. The first-order valence-electron chi connectivity index (χ1n) is 9.20. The van der Waals surface area contributed by atoms with Crippen molar-refractivity contribution < 1.29 is 9.53 Å². The Balaban J connectivity index is 1.42. The summed E-state index contributed by atoms with van der Waals surface area (Å²) in [6.45, 7) is 3.95. The highest BCUT2D eigenvalue weighted by Crippen LogP contribution is 2.30. The topological polar surface area (TPSA) is 60.2 Å². The van der Waals surface area contributed by atoms with Crippen molar-refractivity contribution in [2.75, 3.05) is 18.1 Å². The van der Waals surface area contributed by atoms with E-state index < -0.39 is 0 Å². The van der Waals surface area contributed by atoms with Crippen LogP contribution < -0.4 is 9.64 Å². The highest BCUT2D eigenvalue weighted by Gasteiger charge is 2.30. The first kappa shape index (κ1) is 16.9. The Morgan fingerprint density at radius 2 is 1.93 bits per heavy atom. The Bertz CT molecular complexity index is 1160. The van der Waals surface area contributed by atoms with Crippen LogP contribution in [0.5, 0.6) is 5.75 Å². The van der Waals surface area contributed by atoms with Gasteiger partial charge >= 0.3 is 0 Å². The molecular formula is C21H18N4O2S.